The van der Waals surface area contributed by atoms with Crippen molar-refractivity contribution < 1.29 is 4.42 Å². The summed E-state index contributed by atoms with van der Waals surface area (Å²) in [5, 5.41) is 0.926. The maximum Gasteiger partial charge on any atom is 0.419 e. The molecule has 0 radical (unpaired) electrons. The van der Waals surface area contributed by atoms with Gasteiger partial charge in [-0.05, 0) is 41.1 Å². The van der Waals surface area contributed by atoms with Crippen molar-refractivity contribution >= 4 is 38.4 Å². The molecule has 2 aromatic heterocycles. The van der Waals surface area contributed by atoms with Crippen LogP contribution in [0.4, 0.5) is 0 Å². The quantitative estimate of drug-likeness (QED) is 0.689. The van der Waals surface area contributed by atoms with E-state index in [1.54, 1.807) is 24.5 Å². The SMILES string of the molecule is Cc1nc(-c2ccc3oc(=O)n(C)c3c2)sc1Br. The second-order valence-corrected chi connectivity index (χ2v) is 6.30. The fourth-order valence-electron chi connectivity index (χ4n) is 1.76. The molecule has 0 aliphatic carbocycles. The molecular weight excluding hydrogens is 316 g/mol. The molecule has 0 atom stereocenters. The minimum atomic E-state index is -0.348. The lowest BCUT2D eigenvalue weighted by Gasteiger charge is -1.97. The molecule has 0 aliphatic rings. The molecule has 0 bridgehead atoms. The molecule has 3 aromatic rings. The van der Waals surface area contributed by atoms with Crippen LogP contribution in [0, 0.1) is 6.92 Å². The van der Waals surface area contributed by atoms with E-state index in [1.807, 2.05) is 19.1 Å². The summed E-state index contributed by atoms with van der Waals surface area (Å²) in [6, 6.07) is 5.64. The first-order valence-electron chi connectivity index (χ1n) is 5.29. The Morgan fingerprint density at radius 3 is 2.89 bits per heavy atom. The van der Waals surface area contributed by atoms with E-state index in [0.29, 0.717) is 5.58 Å². The summed E-state index contributed by atoms with van der Waals surface area (Å²) >= 11 is 5.04. The van der Waals surface area contributed by atoms with Crippen molar-refractivity contribution in [3.63, 3.8) is 0 Å². The number of benzene rings is 1. The van der Waals surface area contributed by atoms with Crippen molar-refractivity contribution in [3.8, 4) is 10.6 Å². The maximum atomic E-state index is 11.4. The lowest BCUT2D eigenvalue weighted by atomic mass is 10.2. The number of hydrogen-bond acceptors (Lipinski definition) is 4. The highest BCUT2D eigenvalue weighted by molar-refractivity contribution is 9.11. The molecule has 4 nitrogen and oxygen atoms in total. The van der Waals surface area contributed by atoms with Gasteiger partial charge in [-0.1, -0.05) is 0 Å². The predicted octanol–water partition coefficient (Wildman–Crippen LogP) is 3.33. The topological polar surface area (TPSA) is 48.0 Å². The molecule has 0 aliphatic heterocycles. The highest BCUT2D eigenvalue weighted by Gasteiger charge is 2.11. The van der Waals surface area contributed by atoms with Crippen LogP contribution < -0.4 is 5.76 Å². The Morgan fingerprint density at radius 2 is 2.22 bits per heavy atom. The van der Waals surface area contributed by atoms with E-state index >= 15 is 0 Å². The van der Waals surface area contributed by atoms with Crippen molar-refractivity contribution in [2.24, 2.45) is 7.05 Å². The van der Waals surface area contributed by atoms with Crippen molar-refractivity contribution in [1.29, 1.82) is 0 Å². The molecule has 3 rings (SSSR count). The van der Waals surface area contributed by atoms with E-state index in [4.69, 9.17) is 4.42 Å². The summed E-state index contributed by atoms with van der Waals surface area (Å²) in [6.07, 6.45) is 0. The van der Waals surface area contributed by atoms with Crippen LogP contribution in [0.2, 0.25) is 0 Å². The normalized spacial score (nSPS) is 11.3. The van der Waals surface area contributed by atoms with Gasteiger partial charge in [-0.3, -0.25) is 4.57 Å². The van der Waals surface area contributed by atoms with Gasteiger partial charge in [0.1, 0.15) is 5.01 Å². The van der Waals surface area contributed by atoms with E-state index in [-0.39, 0.29) is 5.76 Å². The number of aromatic nitrogens is 2. The molecule has 1 aromatic carbocycles. The van der Waals surface area contributed by atoms with Gasteiger partial charge in [-0.15, -0.1) is 11.3 Å². The number of aryl methyl sites for hydroxylation is 2. The van der Waals surface area contributed by atoms with E-state index < -0.39 is 0 Å². The average Bonchev–Trinajstić information content (AvgIpc) is 2.82. The lowest BCUT2D eigenvalue weighted by molar-refractivity contribution is 0.528. The maximum absolute atomic E-state index is 11.4. The zero-order valence-corrected chi connectivity index (χ0v) is 12.1. The molecule has 2 heterocycles. The first-order chi connectivity index (χ1) is 8.56. The molecule has 0 fully saturated rings. The Hall–Kier alpha value is -1.40. The monoisotopic (exact) mass is 324 g/mol. The summed E-state index contributed by atoms with van der Waals surface area (Å²) in [5.74, 6) is -0.348. The van der Waals surface area contributed by atoms with E-state index in [9.17, 15) is 4.79 Å². The first-order valence-corrected chi connectivity index (χ1v) is 6.90. The van der Waals surface area contributed by atoms with Gasteiger partial charge in [0.15, 0.2) is 5.58 Å². The highest BCUT2D eigenvalue weighted by Crippen LogP contribution is 2.32. The van der Waals surface area contributed by atoms with E-state index in [1.165, 1.54) is 4.57 Å². The zero-order chi connectivity index (χ0) is 12.9. The Morgan fingerprint density at radius 1 is 1.44 bits per heavy atom. The molecule has 0 unspecified atom stereocenters. The minimum Gasteiger partial charge on any atom is -0.408 e. The van der Waals surface area contributed by atoms with E-state index in [0.717, 1.165) is 25.6 Å². The smallest absolute Gasteiger partial charge is 0.408 e. The van der Waals surface area contributed by atoms with Crippen LogP contribution in [0.15, 0.2) is 31.2 Å². The fraction of sp³-hybridized carbons (Fsp3) is 0.167. The van der Waals surface area contributed by atoms with Crippen LogP contribution in [-0.2, 0) is 7.05 Å². The average molecular weight is 325 g/mol. The first kappa shape index (κ1) is 11.7. The van der Waals surface area contributed by atoms with Crippen LogP contribution in [0.3, 0.4) is 0 Å². The molecule has 18 heavy (non-hydrogen) atoms. The van der Waals surface area contributed by atoms with Crippen LogP contribution in [0.25, 0.3) is 21.7 Å². The number of halogens is 1. The summed E-state index contributed by atoms with van der Waals surface area (Å²) < 4.78 is 7.62. The number of hydrogen-bond donors (Lipinski definition) is 0. The van der Waals surface area contributed by atoms with Gasteiger partial charge >= 0.3 is 5.76 Å². The molecule has 0 spiro atoms. The van der Waals surface area contributed by atoms with Crippen LogP contribution in [0.5, 0.6) is 0 Å². The largest absolute Gasteiger partial charge is 0.419 e. The third kappa shape index (κ3) is 1.72. The second-order valence-electron chi connectivity index (χ2n) is 3.99. The number of fused-ring (bicyclic) bond motifs is 1. The number of rotatable bonds is 1. The molecule has 92 valence electrons. The Bertz CT molecular complexity index is 781. The van der Waals surface area contributed by atoms with Crippen molar-refractivity contribution in [3.05, 3.63) is 38.2 Å². The molecule has 6 heteroatoms. The second kappa shape index (κ2) is 4.07. The predicted molar refractivity (Wildman–Crippen MR) is 75.0 cm³/mol. The van der Waals surface area contributed by atoms with Gasteiger partial charge in [0.2, 0.25) is 0 Å². The zero-order valence-electron chi connectivity index (χ0n) is 9.73. The summed E-state index contributed by atoms with van der Waals surface area (Å²) in [6.45, 7) is 1.95. The third-order valence-electron chi connectivity index (χ3n) is 2.78. The molecule has 0 N–H and O–H groups in total. The molecule has 0 saturated heterocycles. The van der Waals surface area contributed by atoms with Gasteiger partial charge in [0, 0.05) is 12.6 Å². The van der Waals surface area contributed by atoms with Crippen LogP contribution in [0.1, 0.15) is 5.69 Å². The number of thiazole rings is 1. The van der Waals surface area contributed by atoms with Gasteiger partial charge in [0.05, 0.1) is 15.0 Å². The molecular formula is C12H9BrN2O2S. The Labute approximate surface area is 115 Å². The van der Waals surface area contributed by atoms with E-state index in [2.05, 4.69) is 20.9 Å². The minimum absolute atomic E-state index is 0.348. The van der Waals surface area contributed by atoms with Gasteiger partial charge in [-0.25, -0.2) is 9.78 Å². The van der Waals surface area contributed by atoms with Crippen molar-refractivity contribution in [2.75, 3.05) is 0 Å². The summed E-state index contributed by atoms with van der Waals surface area (Å²) in [5.41, 5.74) is 3.33. The molecule has 0 amide bonds. The summed E-state index contributed by atoms with van der Waals surface area (Å²) in [4.78, 5) is 15.9. The van der Waals surface area contributed by atoms with Gasteiger partial charge < -0.3 is 4.42 Å². The lowest BCUT2D eigenvalue weighted by Crippen LogP contribution is -2.08. The van der Waals surface area contributed by atoms with Crippen LogP contribution >= 0.6 is 27.3 Å². The van der Waals surface area contributed by atoms with Crippen molar-refractivity contribution in [2.45, 2.75) is 6.92 Å². The highest BCUT2D eigenvalue weighted by atomic mass is 79.9. The number of oxazole rings is 1. The van der Waals surface area contributed by atoms with Gasteiger partial charge in [0.25, 0.3) is 0 Å². The Kier molecular flexibility index (Phi) is 2.64. The summed E-state index contributed by atoms with van der Waals surface area (Å²) in [7, 11) is 1.70. The fourth-order valence-corrected chi connectivity index (χ4v) is 3.10. The Balaban J connectivity index is 2.24. The van der Waals surface area contributed by atoms with Gasteiger partial charge in [-0.2, -0.15) is 0 Å². The van der Waals surface area contributed by atoms with Crippen molar-refractivity contribution in [1.82, 2.24) is 9.55 Å². The molecule has 0 saturated carbocycles. The van der Waals surface area contributed by atoms with Crippen LogP contribution in [-0.4, -0.2) is 9.55 Å². The third-order valence-corrected chi connectivity index (χ3v) is 4.83. The standard InChI is InChI=1S/C12H9BrN2O2S/c1-6-10(13)18-11(14-6)7-3-4-9-8(5-7)15(2)12(16)17-9/h3-5H,1-2H3. The number of nitrogens with zero attached hydrogens (tertiary/aromatic N) is 2.